The van der Waals surface area contributed by atoms with Gasteiger partial charge in [-0.1, -0.05) is 43.7 Å². The zero-order chi connectivity index (χ0) is 15.9. The Balaban J connectivity index is 2.12. The Morgan fingerprint density at radius 1 is 1.32 bits per heavy atom. The molecule has 1 fully saturated rings. The summed E-state index contributed by atoms with van der Waals surface area (Å²) in [5.74, 6) is 0.539. The molecule has 0 aromatic heterocycles. The van der Waals surface area contributed by atoms with Crippen LogP contribution in [0, 0.1) is 5.92 Å². The number of benzene rings is 1. The topological polar surface area (TPSA) is 21.3 Å². The van der Waals surface area contributed by atoms with E-state index < -0.39 is 0 Å². The molecular weight excluding hydrogens is 294 g/mol. The Morgan fingerprint density at radius 2 is 2.05 bits per heavy atom. The Morgan fingerprint density at radius 3 is 2.68 bits per heavy atom. The SMILES string of the molecule is C=CCC1CCCC(c2ccc(Cl)cc2)NC(C(C)C)CO1. The fourth-order valence-electron chi connectivity index (χ4n) is 2.98. The average molecular weight is 322 g/mol. The molecule has 0 bridgehead atoms. The highest BCUT2D eigenvalue weighted by Gasteiger charge is 2.23. The van der Waals surface area contributed by atoms with E-state index in [4.69, 9.17) is 16.3 Å². The molecule has 0 amide bonds. The smallest absolute Gasteiger partial charge is 0.0626 e. The summed E-state index contributed by atoms with van der Waals surface area (Å²) in [5.41, 5.74) is 1.32. The van der Waals surface area contributed by atoms with Gasteiger partial charge in [-0.3, -0.25) is 0 Å². The summed E-state index contributed by atoms with van der Waals surface area (Å²) < 4.78 is 6.13. The van der Waals surface area contributed by atoms with Crippen LogP contribution < -0.4 is 5.32 Å². The third kappa shape index (κ3) is 5.12. The van der Waals surface area contributed by atoms with Gasteiger partial charge in [-0.2, -0.15) is 0 Å². The fraction of sp³-hybridized carbons (Fsp3) is 0.579. The van der Waals surface area contributed by atoms with Gasteiger partial charge in [-0.25, -0.2) is 0 Å². The minimum absolute atomic E-state index is 0.310. The Labute approximate surface area is 139 Å². The minimum atomic E-state index is 0.310. The van der Waals surface area contributed by atoms with E-state index in [1.807, 2.05) is 18.2 Å². The molecule has 0 spiro atoms. The van der Waals surface area contributed by atoms with Gasteiger partial charge in [0, 0.05) is 17.1 Å². The van der Waals surface area contributed by atoms with Crippen molar-refractivity contribution in [3.63, 3.8) is 0 Å². The normalized spacial score (nSPS) is 27.0. The second-order valence-corrected chi connectivity index (χ2v) is 6.97. The van der Waals surface area contributed by atoms with Gasteiger partial charge in [0.05, 0.1) is 12.7 Å². The molecule has 1 aromatic rings. The van der Waals surface area contributed by atoms with Gasteiger partial charge in [0.1, 0.15) is 0 Å². The lowest BCUT2D eigenvalue weighted by Crippen LogP contribution is -2.40. The van der Waals surface area contributed by atoms with Crippen molar-refractivity contribution in [1.82, 2.24) is 5.32 Å². The third-order valence-electron chi connectivity index (χ3n) is 4.45. The van der Waals surface area contributed by atoms with E-state index in [2.05, 4.69) is 37.9 Å². The molecule has 1 aliphatic rings. The lowest BCUT2D eigenvalue weighted by molar-refractivity contribution is 0.0296. The van der Waals surface area contributed by atoms with Gasteiger partial charge in [-0.15, -0.1) is 6.58 Å². The highest BCUT2D eigenvalue weighted by atomic mass is 35.5. The van der Waals surface area contributed by atoms with E-state index in [0.717, 1.165) is 37.3 Å². The van der Waals surface area contributed by atoms with Crippen molar-refractivity contribution in [3.05, 3.63) is 47.5 Å². The van der Waals surface area contributed by atoms with Crippen LogP contribution in [0.2, 0.25) is 5.02 Å². The molecule has 0 aliphatic carbocycles. The lowest BCUT2D eigenvalue weighted by atomic mass is 9.97. The number of ether oxygens (including phenoxy) is 1. The number of halogens is 1. The van der Waals surface area contributed by atoms with Crippen molar-refractivity contribution < 1.29 is 4.74 Å². The van der Waals surface area contributed by atoms with Gasteiger partial charge in [0.2, 0.25) is 0 Å². The molecule has 122 valence electrons. The van der Waals surface area contributed by atoms with Crippen LogP contribution in [-0.4, -0.2) is 18.8 Å². The first-order valence-corrected chi connectivity index (χ1v) is 8.72. The van der Waals surface area contributed by atoms with Crippen molar-refractivity contribution in [3.8, 4) is 0 Å². The standard InChI is InChI=1S/C19H28ClNO/c1-4-6-17-7-5-8-18(15-9-11-16(20)12-10-15)21-19(13-22-17)14(2)3/h4,9-12,14,17-19,21H,1,5-8,13H2,2-3H3. The number of nitrogens with one attached hydrogen (secondary N) is 1. The van der Waals surface area contributed by atoms with Gasteiger partial charge in [0.25, 0.3) is 0 Å². The summed E-state index contributed by atoms with van der Waals surface area (Å²) in [5, 5.41) is 4.59. The largest absolute Gasteiger partial charge is 0.376 e. The maximum atomic E-state index is 6.13. The lowest BCUT2D eigenvalue weighted by Gasteiger charge is -2.28. The summed E-state index contributed by atoms with van der Waals surface area (Å²) in [6.07, 6.45) is 6.60. The highest BCUT2D eigenvalue weighted by Crippen LogP contribution is 2.26. The first-order valence-electron chi connectivity index (χ1n) is 8.34. The summed E-state index contributed by atoms with van der Waals surface area (Å²) in [4.78, 5) is 0. The maximum Gasteiger partial charge on any atom is 0.0626 e. The second-order valence-electron chi connectivity index (χ2n) is 6.53. The second kappa shape index (κ2) is 8.71. The van der Waals surface area contributed by atoms with Crippen molar-refractivity contribution in [2.45, 2.75) is 57.7 Å². The molecular formula is C19H28ClNO. The Kier molecular flexibility index (Phi) is 6.94. The van der Waals surface area contributed by atoms with Crippen LogP contribution in [-0.2, 0) is 4.74 Å². The molecule has 3 heteroatoms. The molecule has 0 radical (unpaired) electrons. The minimum Gasteiger partial charge on any atom is -0.376 e. The molecule has 2 nitrogen and oxygen atoms in total. The molecule has 1 heterocycles. The molecule has 22 heavy (non-hydrogen) atoms. The van der Waals surface area contributed by atoms with E-state index in [1.165, 1.54) is 5.56 Å². The zero-order valence-corrected chi connectivity index (χ0v) is 14.5. The third-order valence-corrected chi connectivity index (χ3v) is 4.70. The summed E-state index contributed by atoms with van der Waals surface area (Å²) in [7, 11) is 0. The van der Waals surface area contributed by atoms with Crippen LogP contribution in [0.1, 0.15) is 51.1 Å². The van der Waals surface area contributed by atoms with Crippen molar-refractivity contribution in [2.75, 3.05) is 6.61 Å². The molecule has 1 aromatic carbocycles. The predicted molar refractivity (Wildman–Crippen MR) is 94.4 cm³/mol. The van der Waals surface area contributed by atoms with Gasteiger partial charge < -0.3 is 10.1 Å². The monoisotopic (exact) mass is 321 g/mol. The van der Waals surface area contributed by atoms with Crippen LogP contribution in [0.25, 0.3) is 0 Å². The maximum absolute atomic E-state index is 6.13. The molecule has 3 unspecified atom stereocenters. The highest BCUT2D eigenvalue weighted by molar-refractivity contribution is 6.30. The number of hydrogen-bond acceptors (Lipinski definition) is 2. The van der Waals surface area contributed by atoms with E-state index in [0.29, 0.717) is 24.1 Å². The first-order chi connectivity index (χ1) is 10.6. The zero-order valence-electron chi connectivity index (χ0n) is 13.7. The number of rotatable bonds is 4. The van der Waals surface area contributed by atoms with Crippen LogP contribution in [0.5, 0.6) is 0 Å². The van der Waals surface area contributed by atoms with Crippen LogP contribution in [0.4, 0.5) is 0 Å². The summed E-state index contributed by atoms with van der Waals surface area (Å²) >= 11 is 6.02. The predicted octanol–water partition coefficient (Wildman–Crippen LogP) is 5.14. The van der Waals surface area contributed by atoms with Crippen molar-refractivity contribution in [1.29, 1.82) is 0 Å². The molecule has 1 aliphatic heterocycles. The van der Waals surface area contributed by atoms with E-state index in [-0.39, 0.29) is 0 Å². The van der Waals surface area contributed by atoms with E-state index in [1.54, 1.807) is 0 Å². The summed E-state index contributed by atoms with van der Waals surface area (Å²) in [6, 6.07) is 8.97. The molecule has 0 saturated carbocycles. The Hall–Kier alpha value is -0.830. The van der Waals surface area contributed by atoms with Crippen molar-refractivity contribution in [2.24, 2.45) is 5.92 Å². The van der Waals surface area contributed by atoms with Crippen molar-refractivity contribution >= 4 is 11.6 Å². The van der Waals surface area contributed by atoms with Crippen LogP contribution in [0.3, 0.4) is 0 Å². The Bertz CT molecular complexity index is 457. The van der Waals surface area contributed by atoms with Gasteiger partial charge >= 0.3 is 0 Å². The van der Waals surface area contributed by atoms with E-state index in [9.17, 15) is 0 Å². The average Bonchev–Trinajstić information content (AvgIpc) is 2.59. The van der Waals surface area contributed by atoms with Gasteiger partial charge in [0.15, 0.2) is 0 Å². The van der Waals surface area contributed by atoms with E-state index >= 15 is 0 Å². The fourth-order valence-corrected chi connectivity index (χ4v) is 3.10. The van der Waals surface area contributed by atoms with Gasteiger partial charge in [-0.05, 0) is 49.3 Å². The molecule has 3 atom stereocenters. The van der Waals surface area contributed by atoms with Crippen LogP contribution >= 0.6 is 11.6 Å². The van der Waals surface area contributed by atoms with Crippen LogP contribution in [0.15, 0.2) is 36.9 Å². The summed E-state index contributed by atoms with van der Waals surface area (Å²) in [6.45, 7) is 9.11. The molecule has 1 N–H and O–H groups in total. The molecule has 2 rings (SSSR count). The molecule has 1 saturated heterocycles. The number of hydrogen-bond donors (Lipinski definition) is 1. The quantitative estimate of drug-likeness (QED) is 0.775. The first kappa shape index (κ1) is 17.5.